The zero-order chi connectivity index (χ0) is 13.4. The molecular formula is C14H18BNO2. The standard InChI is InChI=1S/C14H18BNO2/c1-6-7-11-10-16-9-8-12(11)15-17-13(2,3)14(4,5)18-15/h1,8-10H,7H2,2-5H3. The number of nitrogens with zero attached hydrogens (tertiary/aromatic N) is 1. The Bertz CT molecular complexity index is 475. The van der Waals surface area contributed by atoms with Crippen LogP contribution in [0.1, 0.15) is 33.3 Å². The quantitative estimate of drug-likeness (QED) is 0.583. The fraction of sp³-hybridized carbons (Fsp3) is 0.500. The maximum absolute atomic E-state index is 6.02. The van der Waals surface area contributed by atoms with E-state index in [1.165, 1.54) is 0 Å². The van der Waals surface area contributed by atoms with Gasteiger partial charge >= 0.3 is 7.12 Å². The second-order valence-electron chi connectivity index (χ2n) is 5.54. The van der Waals surface area contributed by atoms with Crippen molar-refractivity contribution in [1.82, 2.24) is 4.98 Å². The lowest BCUT2D eigenvalue weighted by atomic mass is 9.76. The smallest absolute Gasteiger partial charge is 0.399 e. The van der Waals surface area contributed by atoms with Gasteiger partial charge in [0.25, 0.3) is 0 Å². The van der Waals surface area contributed by atoms with E-state index in [-0.39, 0.29) is 18.3 Å². The summed E-state index contributed by atoms with van der Waals surface area (Å²) in [5.41, 5.74) is 1.28. The summed E-state index contributed by atoms with van der Waals surface area (Å²) < 4.78 is 12.0. The van der Waals surface area contributed by atoms with E-state index >= 15 is 0 Å². The molecule has 1 aliphatic heterocycles. The highest BCUT2D eigenvalue weighted by Gasteiger charge is 2.52. The second-order valence-corrected chi connectivity index (χ2v) is 5.54. The van der Waals surface area contributed by atoms with Crippen LogP contribution in [0.25, 0.3) is 0 Å². The van der Waals surface area contributed by atoms with Crippen molar-refractivity contribution in [2.24, 2.45) is 0 Å². The Labute approximate surface area is 109 Å². The van der Waals surface area contributed by atoms with Gasteiger partial charge in [0.2, 0.25) is 0 Å². The first-order valence-corrected chi connectivity index (χ1v) is 6.09. The molecular weight excluding hydrogens is 225 g/mol. The highest BCUT2D eigenvalue weighted by molar-refractivity contribution is 6.62. The Hall–Kier alpha value is -1.31. The first kappa shape index (κ1) is 13.1. The van der Waals surface area contributed by atoms with Crippen molar-refractivity contribution in [3.8, 4) is 12.3 Å². The van der Waals surface area contributed by atoms with Gasteiger partial charge < -0.3 is 9.31 Å². The number of terminal acetylenes is 1. The molecule has 0 aromatic carbocycles. The zero-order valence-electron chi connectivity index (χ0n) is 11.4. The van der Waals surface area contributed by atoms with Gasteiger partial charge in [0.1, 0.15) is 0 Å². The average Bonchev–Trinajstić information content (AvgIpc) is 2.49. The van der Waals surface area contributed by atoms with Crippen LogP contribution in [0, 0.1) is 12.3 Å². The summed E-state index contributed by atoms with van der Waals surface area (Å²) in [6, 6.07) is 1.91. The number of rotatable bonds is 2. The molecule has 0 N–H and O–H groups in total. The van der Waals surface area contributed by atoms with E-state index in [0.717, 1.165) is 11.0 Å². The number of aromatic nitrogens is 1. The minimum Gasteiger partial charge on any atom is -0.399 e. The normalized spacial score (nSPS) is 20.7. The van der Waals surface area contributed by atoms with Crippen molar-refractivity contribution >= 4 is 12.6 Å². The molecule has 1 aromatic heterocycles. The van der Waals surface area contributed by atoms with Crippen LogP contribution in [-0.4, -0.2) is 23.3 Å². The van der Waals surface area contributed by atoms with E-state index in [1.807, 2.05) is 33.8 Å². The first-order chi connectivity index (χ1) is 8.37. The summed E-state index contributed by atoms with van der Waals surface area (Å²) in [4.78, 5) is 4.10. The first-order valence-electron chi connectivity index (χ1n) is 6.09. The molecule has 0 atom stereocenters. The molecule has 0 aliphatic carbocycles. The third kappa shape index (κ3) is 2.16. The summed E-state index contributed by atoms with van der Waals surface area (Å²) in [7, 11) is -0.374. The van der Waals surface area contributed by atoms with Crippen molar-refractivity contribution in [3.63, 3.8) is 0 Å². The molecule has 0 unspecified atom stereocenters. The Morgan fingerprint density at radius 2 is 1.89 bits per heavy atom. The van der Waals surface area contributed by atoms with E-state index in [0.29, 0.717) is 6.42 Å². The summed E-state index contributed by atoms with van der Waals surface area (Å²) in [6.07, 6.45) is 9.42. The Kier molecular flexibility index (Phi) is 3.22. The van der Waals surface area contributed by atoms with Crippen molar-refractivity contribution < 1.29 is 9.31 Å². The van der Waals surface area contributed by atoms with E-state index < -0.39 is 0 Å². The van der Waals surface area contributed by atoms with Crippen molar-refractivity contribution in [3.05, 3.63) is 24.0 Å². The summed E-state index contributed by atoms with van der Waals surface area (Å²) in [6.45, 7) is 8.15. The predicted molar refractivity (Wildman–Crippen MR) is 72.5 cm³/mol. The number of pyridine rings is 1. The van der Waals surface area contributed by atoms with Crippen LogP contribution in [0.2, 0.25) is 0 Å². The van der Waals surface area contributed by atoms with Crippen LogP contribution >= 0.6 is 0 Å². The van der Waals surface area contributed by atoms with Crippen molar-refractivity contribution in [2.45, 2.75) is 45.3 Å². The lowest BCUT2D eigenvalue weighted by Crippen LogP contribution is -2.41. The molecule has 2 heterocycles. The molecule has 2 rings (SSSR count). The fourth-order valence-electron chi connectivity index (χ4n) is 1.90. The van der Waals surface area contributed by atoms with Crippen LogP contribution in [0.4, 0.5) is 0 Å². The van der Waals surface area contributed by atoms with Gasteiger partial charge in [-0.05, 0) is 44.8 Å². The van der Waals surface area contributed by atoms with E-state index in [1.54, 1.807) is 12.4 Å². The van der Waals surface area contributed by atoms with Gasteiger partial charge in [-0.25, -0.2) is 0 Å². The molecule has 94 valence electrons. The predicted octanol–water partition coefficient (Wildman–Crippen LogP) is 1.56. The highest BCUT2D eigenvalue weighted by Crippen LogP contribution is 2.36. The summed E-state index contributed by atoms with van der Waals surface area (Å²) in [5, 5.41) is 0. The van der Waals surface area contributed by atoms with E-state index in [9.17, 15) is 0 Å². The van der Waals surface area contributed by atoms with Gasteiger partial charge in [-0.3, -0.25) is 4.98 Å². The zero-order valence-corrected chi connectivity index (χ0v) is 11.4. The van der Waals surface area contributed by atoms with E-state index in [4.69, 9.17) is 15.7 Å². The third-order valence-electron chi connectivity index (χ3n) is 3.74. The Balaban J connectivity index is 2.33. The maximum atomic E-state index is 6.02. The number of hydrogen-bond acceptors (Lipinski definition) is 3. The van der Waals surface area contributed by atoms with Crippen LogP contribution in [0.15, 0.2) is 18.5 Å². The second kappa shape index (κ2) is 4.42. The lowest BCUT2D eigenvalue weighted by molar-refractivity contribution is 0.00578. The minimum atomic E-state index is -0.374. The molecule has 1 aliphatic rings. The van der Waals surface area contributed by atoms with Crippen LogP contribution in [0.5, 0.6) is 0 Å². The largest absolute Gasteiger partial charge is 0.495 e. The molecule has 0 bridgehead atoms. The molecule has 0 amide bonds. The topological polar surface area (TPSA) is 31.4 Å². The van der Waals surface area contributed by atoms with Gasteiger partial charge in [-0.1, -0.05) is 0 Å². The third-order valence-corrected chi connectivity index (χ3v) is 3.74. The van der Waals surface area contributed by atoms with Gasteiger partial charge in [0.05, 0.1) is 11.2 Å². The molecule has 1 fully saturated rings. The molecule has 0 spiro atoms. The average molecular weight is 243 g/mol. The van der Waals surface area contributed by atoms with Gasteiger partial charge in [0.15, 0.2) is 0 Å². The fourth-order valence-corrected chi connectivity index (χ4v) is 1.90. The monoisotopic (exact) mass is 243 g/mol. The molecule has 1 aromatic rings. The van der Waals surface area contributed by atoms with Gasteiger partial charge in [0, 0.05) is 18.8 Å². The Morgan fingerprint density at radius 3 is 2.44 bits per heavy atom. The summed E-state index contributed by atoms with van der Waals surface area (Å²) in [5.74, 6) is 2.64. The molecule has 1 saturated heterocycles. The number of hydrogen-bond donors (Lipinski definition) is 0. The van der Waals surface area contributed by atoms with Crippen LogP contribution < -0.4 is 5.46 Å². The van der Waals surface area contributed by atoms with Gasteiger partial charge in [-0.15, -0.1) is 12.3 Å². The highest BCUT2D eigenvalue weighted by atomic mass is 16.7. The molecule has 3 nitrogen and oxygen atoms in total. The van der Waals surface area contributed by atoms with Crippen LogP contribution in [-0.2, 0) is 15.7 Å². The van der Waals surface area contributed by atoms with E-state index in [2.05, 4.69) is 10.9 Å². The summed E-state index contributed by atoms with van der Waals surface area (Å²) >= 11 is 0. The molecule has 0 radical (unpaired) electrons. The molecule has 4 heteroatoms. The SMILES string of the molecule is C#CCc1cnccc1B1OC(C)(C)C(C)(C)O1. The van der Waals surface area contributed by atoms with Gasteiger partial charge in [-0.2, -0.15) is 0 Å². The lowest BCUT2D eigenvalue weighted by Gasteiger charge is -2.32. The molecule has 18 heavy (non-hydrogen) atoms. The van der Waals surface area contributed by atoms with Crippen molar-refractivity contribution in [2.75, 3.05) is 0 Å². The minimum absolute atomic E-state index is 0.339. The van der Waals surface area contributed by atoms with Crippen LogP contribution in [0.3, 0.4) is 0 Å². The van der Waals surface area contributed by atoms with Crippen molar-refractivity contribution in [1.29, 1.82) is 0 Å². The maximum Gasteiger partial charge on any atom is 0.495 e. The molecule has 0 saturated carbocycles. The Morgan fingerprint density at radius 1 is 1.28 bits per heavy atom.